The molecule has 1 saturated heterocycles. The second-order valence-electron chi connectivity index (χ2n) is 4.40. The molecule has 1 atom stereocenters. The van der Waals surface area contributed by atoms with E-state index in [0.29, 0.717) is 12.1 Å². The molecule has 1 aromatic rings. The van der Waals surface area contributed by atoms with Gasteiger partial charge < -0.3 is 15.0 Å². The molecule has 0 saturated carbocycles. The Morgan fingerprint density at radius 1 is 1.56 bits per heavy atom. The quantitative estimate of drug-likeness (QED) is 0.861. The minimum Gasteiger partial charge on any atom is -0.494 e. The maximum absolute atomic E-state index is 13.6. The Morgan fingerprint density at radius 3 is 2.94 bits per heavy atom. The number of hydrogen-bond donors (Lipinski definition) is 1. The first kappa shape index (κ1) is 12.8. The Balaban J connectivity index is 2.20. The number of piperazine rings is 1. The molecular formula is C13H17FN2O2. The summed E-state index contributed by atoms with van der Waals surface area (Å²) in [5.74, 6) is -0.489. The lowest BCUT2D eigenvalue weighted by molar-refractivity contribution is 0.0655. The van der Waals surface area contributed by atoms with Crippen molar-refractivity contribution < 1.29 is 13.9 Å². The standard InChI is InChI=1S/C13H17FN2O2/c1-9-8-15-5-6-16(9)13(17)10-3-4-12(18-2)11(14)7-10/h3-4,7,9,15H,5-6,8H2,1-2H3/t9-/m0/s1. The van der Waals surface area contributed by atoms with Gasteiger partial charge in [0.2, 0.25) is 0 Å². The van der Waals surface area contributed by atoms with E-state index in [1.165, 1.54) is 19.2 Å². The van der Waals surface area contributed by atoms with E-state index < -0.39 is 5.82 Å². The number of amides is 1. The van der Waals surface area contributed by atoms with Crippen molar-refractivity contribution in [1.29, 1.82) is 0 Å². The zero-order chi connectivity index (χ0) is 13.1. The number of benzene rings is 1. The maximum atomic E-state index is 13.6. The molecular weight excluding hydrogens is 235 g/mol. The molecule has 98 valence electrons. The van der Waals surface area contributed by atoms with Gasteiger partial charge in [-0.1, -0.05) is 0 Å². The van der Waals surface area contributed by atoms with Crippen molar-refractivity contribution in [3.8, 4) is 5.75 Å². The number of ether oxygens (including phenoxy) is 1. The van der Waals surface area contributed by atoms with E-state index in [4.69, 9.17) is 4.74 Å². The third-order valence-electron chi connectivity index (χ3n) is 3.16. The molecule has 1 heterocycles. The van der Waals surface area contributed by atoms with Crippen molar-refractivity contribution >= 4 is 5.91 Å². The van der Waals surface area contributed by atoms with Crippen LogP contribution in [-0.4, -0.2) is 43.6 Å². The first-order valence-electron chi connectivity index (χ1n) is 5.98. The van der Waals surface area contributed by atoms with Gasteiger partial charge >= 0.3 is 0 Å². The van der Waals surface area contributed by atoms with Gasteiger partial charge in [0.05, 0.1) is 7.11 Å². The third kappa shape index (κ3) is 2.46. The molecule has 1 aliphatic heterocycles. The summed E-state index contributed by atoms with van der Waals surface area (Å²) in [6.07, 6.45) is 0. The van der Waals surface area contributed by atoms with E-state index in [-0.39, 0.29) is 17.7 Å². The number of halogens is 1. The Kier molecular flexibility index (Phi) is 3.81. The summed E-state index contributed by atoms with van der Waals surface area (Å²) in [6.45, 7) is 4.16. The van der Waals surface area contributed by atoms with Crippen LogP contribution in [-0.2, 0) is 0 Å². The largest absolute Gasteiger partial charge is 0.494 e. The van der Waals surface area contributed by atoms with Gasteiger partial charge in [-0.2, -0.15) is 0 Å². The lowest BCUT2D eigenvalue weighted by Gasteiger charge is -2.34. The molecule has 1 aromatic carbocycles. The lowest BCUT2D eigenvalue weighted by atomic mass is 10.1. The van der Waals surface area contributed by atoms with Crippen LogP contribution in [0.15, 0.2) is 18.2 Å². The monoisotopic (exact) mass is 252 g/mol. The van der Waals surface area contributed by atoms with Crippen molar-refractivity contribution in [2.45, 2.75) is 13.0 Å². The van der Waals surface area contributed by atoms with Gasteiger partial charge in [-0.15, -0.1) is 0 Å². The van der Waals surface area contributed by atoms with Crippen molar-refractivity contribution in [3.05, 3.63) is 29.6 Å². The molecule has 1 amide bonds. The summed E-state index contributed by atoms with van der Waals surface area (Å²) >= 11 is 0. The van der Waals surface area contributed by atoms with Gasteiger partial charge in [-0.05, 0) is 25.1 Å². The van der Waals surface area contributed by atoms with Gasteiger partial charge in [0.15, 0.2) is 11.6 Å². The molecule has 0 aromatic heterocycles. The van der Waals surface area contributed by atoms with Crippen LogP contribution in [0.2, 0.25) is 0 Å². The molecule has 1 aliphatic rings. The minimum absolute atomic E-state index is 0.122. The van der Waals surface area contributed by atoms with E-state index in [0.717, 1.165) is 13.1 Å². The molecule has 0 radical (unpaired) electrons. The summed E-state index contributed by atoms with van der Waals surface area (Å²) in [5.41, 5.74) is 0.363. The normalized spacial score (nSPS) is 19.7. The number of nitrogens with one attached hydrogen (secondary N) is 1. The number of carbonyl (C=O) groups excluding carboxylic acids is 1. The average molecular weight is 252 g/mol. The second kappa shape index (κ2) is 5.35. The molecule has 0 aliphatic carbocycles. The third-order valence-corrected chi connectivity index (χ3v) is 3.16. The highest BCUT2D eigenvalue weighted by molar-refractivity contribution is 5.94. The van der Waals surface area contributed by atoms with E-state index in [1.54, 1.807) is 11.0 Å². The number of carbonyl (C=O) groups is 1. The highest BCUT2D eigenvalue weighted by atomic mass is 19.1. The summed E-state index contributed by atoms with van der Waals surface area (Å²) in [4.78, 5) is 14.0. The highest BCUT2D eigenvalue weighted by Crippen LogP contribution is 2.19. The molecule has 1 fully saturated rings. The Hall–Kier alpha value is -1.62. The summed E-state index contributed by atoms with van der Waals surface area (Å²) in [7, 11) is 1.40. The van der Waals surface area contributed by atoms with Crippen LogP contribution < -0.4 is 10.1 Å². The van der Waals surface area contributed by atoms with E-state index in [1.807, 2.05) is 6.92 Å². The summed E-state index contributed by atoms with van der Waals surface area (Å²) in [6, 6.07) is 4.43. The van der Waals surface area contributed by atoms with Crippen molar-refractivity contribution in [2.24, 2.45) is 0 Å². The molecule has 0 unspecified atom stereocenters. The van der Waals surface area contributed by atoms with Crippen LogP contribution in [0.1, 0.15) is 17.3 Å². The Labute approximate surface area is 106 Å². The van der Waals surface area contributed by atoms with Crippen molar-refractivity contribution in [2.75, 3.05) is 26.7 Å². The lowest BCUT2D eigenvalue weighted by Crippen LogP contribution is -2.52. The van der Waals surface area contributed by atoms with Gasteiger partial charge in [0.25, 0.3) is 5.91 Å². The molecule has 0 spiro atoms. The summed E-state index contributed by atoms with van der Waals surface area (Å²) < 4.78 is 18.4. The van der Waals surface area contributed by atoms with E-state index in [2.05, 4.69) is 5.32 Å². The number of hydrogen-bond acceptors (Lipinski definition) is 3. The van der Waals surface area contributed by atoms with Crippen molar-refractivity contribution in [1.82, 2.24) is 10.2 Å². The fraction of sp³-hybridized carbons (Fsp3) is 0.462. The molecule has 0 bridgehead atoms. The minimum atomic E-state index is -0.508. The Bertz CT molecular complexity index is 451. The van der Waals surface area contributed by atoms with Crippen LogP contribution in [0.25, 0.3) is 0 Å². The summed E-state index contributed by atoms with van der Waals surface area (Å²) in [5, 5.41) is 3.21. The highest BCUT2D eigenvalue weighted by Gasteiger charge is 2.24. The average Bonchev–Trinajstić information content (AvgIpc) is 2.38. The zero-order valence-electron chi connectivity index (χ0n) is 10.6. The second-order valence-corrected chi connectivity index (χ2v) is 4.40. The van der Waals surface area contributed by atoms with Crippen molar-refractivity contribution in [3.63, 3.8) is 0 Å². The van der Waals surface area contributed by atoms with Crippen LogP contribution in [0, 0.1) is 5.82 Å². The first-order chi connectivity index (χ1) is 8.63. The van der Waals surface area contributed by atoms with Crippen LogP contribution >= 0.6 is 0 Å². The molecule has 2 rings (SSSR count). The fourth-order valence-electron chi connectivity index (χ4n) is 2.11. The van der Waals surface area contributed by atoms with Gasteiger partial charge in [0.1, 0.15) is 0 Å². The molecule has 1 N–H and O–H groups in total. The van der Waals surface area contributed by atoms with Gasteiger partial charge in [-0.3, -0.25) is 4.79 Å². The number of methoxy groups -OCH3 is 1. The van der Waals surface area contributed by atoms with E-state index >= 15 is 0 Å². The van der Waals surface area contributed by atoms with Crippen LogP contribution in [0.5, 0.6) is 5.75 Å². The zero-order valence-corrected chi connectivity index (χ0v) is 10.6. The first-order valence-corrected chi connectivity index (χ1v) is 5.98. The van der Waals surface area contributed by atoms with Gasteiger partial charge in [0, 0.05) is 31.2 Å². The maximum Gasteiger partial charge on any atom is 0.254 e. The van der Waals surface area contributed by atoms with Crippen LogP contribution in [0.3, 0.4) is 0 Å². The number of rotatable bonds is 2. The molecule has 5 heteroatoms. The SMILES string of the molecule is COc1ccc(C(=O)N2CCNC[C@@H]2C)cc1F. The molecule has 18 heavy (non-hydrogen) atoms. The molecule has 4 nitrogen and oxygen atoms in total. The van der Waals surface area contributed by atoms with Gasteiger partial charge in [-0.25, -0.2) is 4.39 Å². The Morgan fingerprint density at radius 2 is 2.33 bits per heavy atom. The van der Waals surface area contributed by atoms with Crippen LogP contribution in [0.4, 0.5) is 4.39 Å². The smallest absolute Gasteiger partial charge is 0.254 e. The number of nitrogens with zero attached hydrogens (tertiary/aromatic N) is 1. The topological polar surface area (TPSA) is 41.6 Å². The predicted octanol–water partition coefficient (Wildman–Crippen LogP) is 1.27. The van der Waals surface area contributed by atoms with E-state index in [9.17, 15) is 9.18 Å². The fourth-order valence-corrected chi connectivity index (χ4v) is 2.11. The predicted molar refractivity (Wildman–Crippen MR) is 66.3 cm³/mol.